The van der Waals surface area contributed by atoms with Crippen LogP contribution in [0.4, 0.5) is 0 Å². The average molecular weight is 368 g/mol. The maximum absolute atomic E-state index is 12.3. The zero-order valence-corrected chi connectivity index (χ0v) is 15.4. The molecule has 0 heterocycles. The summed E-state index contributed by atoms with van der Waals surface area (Å²) in [6.07, 6.45) is 3.30. The second-order valence-corrected chi connectivity index (χ2v) is 5.34. The normalized spacial score (nSPS) is 10.8. The summed E-state index contributed by atoms with van der Waals surface area (Å²) < 4.78 is 14.6. The van der Waals surface area contributed by atoms with Crippen LogP contribution in [-0.2, 0) is 19.1 Å². The van der Waals surface area contributed by atoms with Crippen LogP contribution in [0, 0.1) is 41.4 Å². The Kier molecular flexibility index (Phi) is 8.46. The fourth-order valence-electron chi connectivity index (χ4n) is 2.14. The van der Waals surface area contributed by atoms with Gasteiger partial charge in [-0.25, -0.2) is 0 Å². The Bertz CT molecular complexity index is 808. The number of hydrogen-bond donors (Lipinski definition) is 1. The molecule has 0 aliphatic carbocycles. The van der Waals surface area contributed by atoms with Crippen LogP contribution in [0.3, 0.4) is 0 Å². The lowest BCUT2D eigenvalue weighted by atomic mass is 9.81. The summed E-state index contributed by atoms with van der Waals surface area (Å²) in [5.74, 6) is 11.6. The van der Waals surface area contributed by atoms with E-state index in [2.05, 4.69) is 23.7 Å². The van der Waals surface area contributed by atoms with Crippen molar-refractivity contribution in [1.29, 1.82) is 0 Å². The van der Waals surface area contributed by atoms with E-state index in [1.165, 1.54) is 0 Å². The van der Waals surface area contributed by atoms with Gasteiger partial charge in [-0.1, -0.05) is 29.6 Å². The van der Waals surface area contributed by atoms with Crippen molar-refractivity contribution in [3.63, 3.8) is 0 Å². The molecule has 1 atom stereocenters. The van der Waals surface area contributed by atoms with E-state index < -0.39 is 23.5 Å². The maximum atomic E-state index is 12.3. The van der Waals surface area contributed by atoms with Crippen molar-refractivity contribution in [3.8, 4) is 41.8 Å². The van der Waals surface area contributed by atoms with Crippen molar-refractivity contribution in [2.45, 2.75) is 18.9 Å². The second-order valence-electron chi connectivity index (χ2n) is 5.34. The van der Waals surface area contributed by atoms with E-state index in [0.29, 0.717) is 11.3 Å². The molecule has 0 amide bonds. The molecule has 0 aliphatic rings. The van der Waals surface area contributed by atoms with Gasteiger partial charge in [-0.2, -0.15) is 0 Å². The van der Waals surface area contributed by atoms with Crippen molar-refractivity contribution < 1.29 is 28.9 Å². The van der Waals surface area contributed by atoms with E-state index in [-0.39, 0.29) is 12.8 Å². The summed E-state index contributed by atoms with van der Waals surface area (Å²) in [5.41, 5.74) is -1.07. The Morgan fingerprint density at radius 3 is 2.11 bits per heavy atom. The summed E-state index contributed by atoms with van der Waals surface area (Å²) >= 11 is 0. The van der Waals surface area contributed by atoms with Crippen LogP contribution < -0.4 is 4.74 Å². The number of aliphatic hydroxyl groups is 1. The third kappa shape index (κ3) is 5.82. The van der Waals surface area contributed by atoms with E-state index in [1.54, 1.807) is 31.4 Å². The zero-order valence-electron chi connectivity index (χ0n) is 15.4. The van der Waals surface area contributed by atoms with E-state index in [4.69, 9.17) is 20.6 Å². The molecule has 0 aromatic heterocycles. The third-order valence-electron chi connectivity index (χ3n) is 3.65. The first kappa shape index (κ1) is 21.6. The minimum Gasteiger partial charge on any atom is -0.497 e. The summed E-state index contributed by atoms with van der Waals surface area (Å²) in [5, 5.41) is 9.33. The summed E-state index contributed by atoms with van der Waals surface area (Å²) in [6, 6.07) is 6.97. The summed E-state index contributed by atoms with van der Waals surface area (Å²) in [4.78, 5) is 24.7. The van der Waals surface area contributed by atoms with E-state index in [9.17, 15) is 14.7 Å². The van der Waals surface area contributed by atoms with Gasteiger partial charge in [0.1, 0.15) is 5.75 Å². The number of hydrogen-bond acceptors (Lipinski definition) is 6. The quantitative estimate of drug-likeness (QED) is 0.477. The van der Waals surface area contributed by atoms with Gasteiger partial charge in [0.15, 0.2) is 11.5 Å². The number of ether oxygens (including phenoxy) is 3. The third-order valence-corrected chi connectivity index (χ3v) is 3.65. The maximum Gasteiger partial charge on any atom is 0.325 e. The Labute approximate surface area is 158 Å². The molecule has 6 heteroatoms. The predicted molar refractivity (Wildman–Crippen MR) is 98.2 cm³/mol. The fraction of sp³-hybridized carbons (Fsp3) is 0.333. The van der Waals surface area contributed by atoms with Crippen molar-refractivity contribution >= 4 is 11.9 Å². The lowest BCUT2D eigenvalue weighted by Crippen LogP contribution is -2.41. The van der Waals surface area contributed by atoms with E-state index in [0.717, 1.165) is 14.2 Å². The highest BCUT2D eigenvalue weighted by Crippen LogP contribution is 2.30. The van der Waals surface area contributed by atoms with E-state index in [1.807, 2.05) is 5.92 Å². The molecule has 0 radical (unpaired) electrons. The summed E-state index contributed by atoms with van der Waals surface area (Å²) in [6.45, 7) is 0. The molecule has 140 valence electrons. The molecule has 1 aromatic rings. The molecule has 0 spiro atoms. The SMILES string of the molecule is C#CC(O)C#CCC(CC#Cc1ccc(OC)cc1)(C(=O)OC)C(=O)OC. The standard InChI is InChI=1S/C21H20O6/c1-5-17(22)9-7-15-21(19(23)26-3,20(24)27-4)14-6-8-16-10-12-18(25-2)13-11-16/h1,10-13,17,22H,14-15H2,2-4H3. The number of carbonyl (C=O) groups excluding carboxylic acids is 2. The first-order valence-corrected chi connectivity index (χ1v) is 7.86. The van der Waals surface area contributed by atoms with Crippen molar-refractivity contribution in [1.82, 2.24) is 0 Å². The van der Waals surface area contributed by atoms with Crippen LogP contribution >= 0.6 is 0 Å². The second kappa shape index (κ2) is 10.6. The molecular formula is C21H20O6. The molecule has 6 nitrogen and oxygen atoms in total. The first-order valence-electron chi connectivity index (χ1n) is 7.86. The van der Waals surface area contributed by atoms with Crippen LogP contribution in [-0.4, -0.2) is 44.5 Å². The molecular weight excluding hydrogens is 348 g/mol. The Morgan fingerprint density at radius 1 is 1.07 bits per heavy atom. The summed E-state index contributed by atoms with van der Waals surface area (Å²) in [7, 11) is 3.86. The highest BCUT2D eigenvalue weighted by atomic mass is 16.5. The number of terminal acetylenes is 1. The van der Waals surface area contributed by atoms with Gasteiger partial charge in [-0.05, 0) is 24.3 Å². The van der Waals surface area contributed by atoms with Gasteiger partial charge in [0.25, 0.3) is 0 Å². The van der Waals surface area contributed by atoms with E-state index >= 15 is 0 Å². The van der Waals surface area contributed by atoms with Crippen molar-refractivity contribution in [3.05, 3.63) is 29.8 Å². The number of benzene rings is 1. The number of esters is 2. The first-order chi connectivity index (χ1) is 12.9. The molecule has 1 rings (SSSR count). The Morgan fingerprint density at radius 2 is 1.63 bits per heavy atom. The van der Waals surface area contributed by atoms with Gasteiger partial charge in [0.05, 0.1) is 21.3 Å². The Hall–Kier alpha value is -3.40. The highest BCUT2D eigenvalue weighted by Gasteiger charge is 2.47. The van der Waals surface area contributed by atoms with Crippen molar-refractivity contribution in [2.24, 2.45) is 5.41 Å². The van der Waals surface area contributed by atoms with Crippen LogP contribution in [0.5, 0.6) is 5.75 Å². The fourth-order valence-corrected chi connectivity index (χ4v) is 2.14. The minimum atomic E-state index is -1.75. The van der Waals surface area contributed by atoms with Gasteiger partial charge in [-0.15, -0.1) is 6.42 Å². The zero-order chi connectivity index (χ0) is 20.3. The van der Waals surface area contributed by atoms with Crippen LogP contribution in [0.2, 0.25) is 0 Å². The minimum absolute atomic E-state index is 0.181. The van der Waals surface area contributed by atoms with Gasteiger partial charge in [0, 0.05) is 18.4 Å². The molecule has 0 fully saturated rings. The highest BCUT2D eigenvalue weighted by molar-refractivity contribution is 6.00. The smallest absolute Gasteiger partial charge is 0.325 e. The largest absolute Gasteiger partial charge is 0.497 e. The van der Waals surface area contributed by atoms with Gasteiger partial charge in [0.2, 0.25) is 0 Å². The molecule has 1 unspecified atom stereocenters. The molecule has 0 saturated heterocycles. The predicted octanol–water partition coefficient (Wildman–Crippen LogP) is 1.16. The van der Waals surface area contributed by atoms with Crippen LogP contribution in [0.25, 0.3) is 0 Å². The van der Waals surface area contributed by atoms with Gasteiger partial charge < -0.3 is 19.3 Å². The van der Waals surface area contributed by atoms with Gasteiger partial charge in [-0.3, -0.25) is 9.59 Å². The van der Waals surface area contributed by atoms with Gasteiger partial charge >= 0.3 is 11.9 Å². The Balaban J connectivity index is 3.17. The molecule has 0 aliphatic heterocycles. The topological polar surface area (TPSA) is 82.1 Å². The molecule has 27 heavy (non-hydrogen) atoms. The number of aliphatic hydroxyl groups excluding tert-OH is 1. The number of carbonyl (C=O) groups is 2. The lowest BCUT2D eigenvalue weighted by Gasteiger charge is -2.24. The molecule has 1 N–H and O–H groups in total. The molecule has 0 saturated carbocycles. The number of rotatable bonds is 5. The van der Waals surface area contributed by atoms with Crippen molar-refractivity contribution in [2.75, 3.05) is 21.3 Å². The van der Waals surface area contributed by atoms with Crippen LogP contribution in [0.1, 0.15) is 18.4 Å². The monoisotopic (exact) mass is 368 g/mol. The molecule has 1 aromatic carbocycles. The molecule has 0 bridgehead atoms. The lowest BCUT2D eigenvalue weighted by molar-refractivity contribution is -0.168. The average Bonchev–Trinajstić information content (AvgIpc) is 2.71. The number of methoxy groups -OCH3 is 3. The van der Waals surface area contributed by atoms with Crippen LogP contribution in [0.15, 0.2) is 24.3 Å².